The maximum Gasteiger partial charge on any atom is 0.331 e. The van der Waals surface area contributed by atoms with Crippen molar-refractivity contribution in [2.75, 3.05) is 0 Å². The number of nitrogens with zero attached hydrogens (tertiary/aromatic N) is 1. The molecule has 23 heavy (non-hydrogen) atoms. The van der Waals surface area contributed by atoms with Crippen LogP contribution in [0.15, 0.2) is 30.3 Å². The second-order valence-electron chi connectivity index (χ2n) is 6.17. The van der Waals surface area contributed by atoms with Gasteiger partial charge >= 0.3 is 5.97 Å². The molecule has 0 fully saturated rings. The fourth-order valence-electron chi connectivity index (χ4n) is 1.84. The van der Waals surface area contributed by atoms with Crippen LogP contribution in [0.5, 0.6) is 0 Å². The smallest absolute Gasteiger partial charge is 0.331 e. The predicted molar refractivity (Wildman–Crippen MR) is 92.1 cm³/mol. The molecule has 1 aromatic carbocycles. The fourth-order valence-corrected chi connectivity index (χ4v) is 2.71. The van der Waals surface area contributed by atoms with E-state index in [0.717, 1.165) is 15.2 Å². The minimum atomic E-state index is -0.846. The van der Waals surface area contributed by atoms with Gasteiger partial charge in [-0.1, -0.05) is 12.1 Å². The minimum absolute atomic E-state index is 0.320. The van der Waals surface area contributed by atoms with E-state index in [0.29, 0.717) is 0 Å². The average Bonchev–Trinajstić information content (AvgIpc) is 2.86. The van der Waals surface area contributed by atoms with Crippen molar-refractivity contribution in [3.05, 3.63) is 35.3 Å². The van der Waals surface area contributed by atoms with E-state index in [2.05, 4.69) is 10.3 Å². The lowest BCUT2D eigenvalue weighted by Crippen LogP contribution is -2.46. The zero-order valence-corrected chi connectivity index (χ0v) is 14.4. The number of para-hydroxylation sites is 1. The number of ether oxygens (including phenoxy) is 1. The van der Waals surface area contributed by atoms with Gasteiger partial charge in [-0.25, -0.2) is 9.78 Å². The van der Waals surface area contributed by atoms with E-state index < -0.39 is 12.1 Å². The zero-order valence-electron chi connectivity index (χ0n) is 13.6. The summed E-state index contributed by atoms with van der Waals surface area (Å²) in [6.45, 7) is 7.15. The van der Waals surface area contributed by atoms with Gasteiger partial charge in [-0.05, 0) is 45.9 Å². The van der Waals surface area contributed by atoms with Gasteiger partial charge in [0.15, 0.2) is 6.10 Å². The highest BCUT2D eigenvalue weighted by molar-refractivity contribution is 7.19. The molecule has 0 radical (unpaired) electrons. The Morgan fingerprint density at radius 2 is 2.00 bits per heavy atom. The third-order valence-corrected chi connectivity index (χ3v) is 3.83. The van der Waals surface area contributed by atoms with Crippen molar-refractivity contribution in [3.63, 3.8) is 0 Å². The molecule has 1 N–H and O–H groups in total. The third kappa shape index (κ3) is 5.17. The number of rotatable bonds is 4. The number of amides is 1. The SMILES string of the molecule is C[C@@H](OC(=O)/C=C/c1nc2ccccc2s1)C(=O)NC(C)(C)C. The molecule has 1 atom stereocenters. The van der Waals surface area contributed by atoms with Crippen LogP contribution in [0.1, 0.15) is 32.7 Å². The van der Waals surface area contributed by atoms with Crippen LogP contribution in [-0.4, -0.2) is 28.5 Å². The van der Waals surface area contributed by atoms with E-state index in [1.165, 1.54) is 17.4 Å². The lowest BCUT2D eigenvalue weighted by Gasteiger charge is -2.22. The van der Waals surface area contributed by atoms with Gasteiger partial charge in [0.05, 0.1) is 10.2 Å². The normalized spacial score (nSPS) is 13.2. The number of esters is 1. The van der Waals surface area contributed by atoms with Gasteiger partial charge in [-0.2, -0.15) is 0 Å². The summed E-state index contributed by atoms with van der Waals surface area (Å²) in [6.07, 6.45) is 2.04. The summed E-state index contributed by atoms with van der Waals surface area (Å²) in [6, 6.07) is 7.75. The van der Waals surface area contributed by atoms with Crippen LogP contribution in [0.4, 0.5) is 0 Å². The van der Waals surface area contributed by atoms with Gasteiger partial charge in [-0.3, -0.25) is 4.79 Å². The number of thiazole rings is 1. The van der Waals surface area contributed by atoms with Gasteiger partial charge in [0, 0.05) is 11.6 Å². The summed E-state index contributed by atoms with van der Waals surface area (Å²) in [7, 11) is 0. The lowest BCUT2D eigenvalue weighted by atomic mass is 10.1. The van der Waals surface area contributed by atoms with E-state index >= 15 is 0 Å². The van der Waals surface area contributed by atoms with E-state index in [4.69, 9.17) is 4.74 Å². The molecule has 0 aliphatic carbocycles. The summed E-state index contributed by atoms with van der Waals surface area (Å²) in [5.74, 6) is -0.889. The molecule has 5 nitrogen and oxygen atoms in total. The van der Waals surface area contributed by atoms with Gasteiger partial charge < -0.3 is 10.1 Å². The van der Waals surface area contributed by atoms with Gasteiger partial charge in [0.1, 0.15) is 5.01 Å². The zero-order chi connectivity index (χ0) is 17.0. The highest BCUT2D eigenvalue weighted by atomic mass is 32.1. The number of carbonyl (C=O) groups excluding carboxylic acids is 2. The highest BCUT2D eigenvalue weighted by Gasteiger charge is 2.21. The van der Waals surface area contributed by atoms with E-state index in [1.54, 1.807) is 13.0 Å². The molecule has 1 aromatic heterocycles. The number of aromatic nitrogens is 1. The summed E-state index contributed by atoms with van der Waals surface area (Å²) in [5, 5.41) is 3.48. The van der Waals surface area contributed by atoms with Crippen molar-refractivity contribution in [3.8, 4) is 0 Å². The Morgan fingerprint density at radius 3 is 2.65 bits per heavy atom. The maximum absolute atomic E-state index is 11.9. The van der Waals surface area contributed by atoms with Gasteiger partial charge in [-0.15, -0.1) is 11.3 Å². The summed E-state index contributed by atoms with van der Waals surface area (Å²) >= 11 is 1.49. The molecule has 2 aromatic rings. The molecular formula is C17H20N2O3S. The molecule has 0 unspecified atom stereocenters. The quantitative estimate of drug-likeness (QED) is 0.690. The Hall–Kier alpha value is -2.21. The third-order valence-electron chi connectivity index (χ3n) is 2.83. The molecule has 0 saturated carbocycles. The first-order chi connectivity index (χ1) is 10.7. The first-order valence-electron chi connectivity index (χ1n) is 7.31. The number of hydrogen-bond donors (Lipinski definition) is 1. The first kappa shape index (κ1) is 17.1. The number of fused-ring (bicyclic) bond motifs is 1. The molecular weight excluding hydrogens is 312 g/mol. The van der Waals surface area contributed by atoms with Crippen LogP contribution in [0.25, 0.3) is 16.3 Å². The Kier molecular flexibility index (Phi) is 5.15. The Labute approximate surface area is 139 Å². The summed E-state index contributed by atoms with van der Waals surface area (Å²) < 4.78 is 6.15. The maximum atomic E-state index is 11.9. The van der Waals surface area contributed by atoms with Crippen LogP contribution in [0.2, 0.25) is 0 Å². The topological polar surface area (TPSA) is 68.3 Å². The molecule has 1 heterocycles. The number of carbonyl (C=O) groups is 2. The summed E-state index contributed by atoms with van der Waals surface area (Å²) in [4.78, 5) is 28.1. The highest BCUT2D eigenvalue weighted by Crippen LogP contribution is 2.22. The van der Waals surface area contributed by atoms with E-state index in [-0.39, 0.29) is 11.4 Å². The molecule has 0 spiro atoms. The van der Waals surface area contributed by atoms with Crippen molar-refractivity contribution in [1.82, 2.24) is 10.3 Å². The van der Waals surface area contributed by atoms with Crippen molar-refractivity contribution in [2.45, 2.75) is 39.3 Å². The molecule has 122 valence electrons. The van der Waals surface area contributed by atoms with Crippen molar-refractivity contribution in [2.24, 2.45) is 0 Å². The van der Waals surface area contributed by atoms with Crippen LogP contribution in [-0.2, 0) is 14.3 Å². The van der Waals surface area contributed by atoms with Gasteiger partial charge in [0.2, 0.25) is 0 Å². The number of hydrogen-bond acceptors (Lipinski definition) is 5. The lowest BCUT2D eigenvalue weighted by molar-refractivity contribution is -0.150. The number of benzene rings is 1. The predicted octanol–water partition coefficient (Wildman–Crippen LogP) is 3.16. The Bertz CT molecular complexity index is 711. The fraction of sp³-hybridized carbons (Fsp3) is 0.353. The van der Waals surface area contributed by atoms with Crippen LogP contribution in [0.3, 0.4) is 0 Å². The van der Waals surface area contributed by atoms with E-state index in [1.807, 2.05) is 45.0 Å². The van der Waals surface area contributed by atoms with Crippen molar-refractivity contribution in [1.29, 1.82) is 0 Å². The molecule has 0 saturated heterocycles. The monoisotopic (exact) mass is 332 g/mol. The minimum Gasteiger partial charge on any atom is -0.449 e. The Morgan fingerprint density at radius 1 is 1.30 bits per heavy atom. The largest absolute Gasteiger partial charge is 0.449 e. The molecule has 0 aliphatic rings. The Balaban J connectivity index is 1.94. The first-order valence-corrected chi connectivity index (χ1v) is 8.12. The van der Waals surface area contributed by atoms with Crippen LogP contribution >= 0.6 is 11.3 Å². The van der Waals surface area contributed by atoms with Crippen molar-refractivity contribution < 1.29 is 14.3 Å². The van der Waals surface area contributed by atoms with Crippen LogP contribution in [0, 0.1) is 0 Å². The number of nitrogens with one attached hydrogen (secondary N) is 1. The summed E-state index contributed by atoms with van der Waals surface area (Å²) in [5.41, 5.74) is 0.526. The standard InChI is InChI=1S/C17H20N2O3S/c1-11(16(21)19-17(2,3)4)22-15(20)10-9-14-18-12-7-5-6-8-13(12)23-14/h5-11H,1-4H3,(H,19,21)/b10-9+/t11-/m1/s1. The van der Waals surface area contributed by atoms with Gasteiger partial charge in [0.25, 0.3) is 5.91 Å². The molecule has 1 amide bonds. The van der Waals surface area contributed by atoms with E-state index in [9.17, 15) is 9.59 Å². The molecule has 0 bridgehead atoms. The van der Waals surface area contributed by atoms with Crippen molar-refractivity contribution >= 4 is 39.5 Å². The molecule has 6 heteroatoms. The average molecular weight is 332 g/mol. The van der Waals surface area contributed by atoms with Crippen LogP contribution < -0.4 is 5.32 Å². The molecule has 2 rings (SSSR count). The second kappa shape index (κ2) is 6.91. The molecule has 0 aliphatic heterocycles. The second-order valence-corrected chi connectivity index (χ2v) is 7.23.